The number of nitrogens with zero attached hydrogens (tertiary/aromatic N) is 3. The number of ketones is 1. The quantitative estimate of drug-likeness (QED) is 0.690. The Morgan fingerprint density at radius 2 is 2.22 bits per heavy atom. The van der Waals surface area contributed by atoms with E-state index in [0.717, 1.165) is 28.4 Å². The van der Waals surface area contributed by atoms with E-state index in [1.807, 2.05) is 35.6 Å². The van der Waals surface area contributed by atoms with Crippen LogP contribution in [0.15, 0.2) is 35.6 Å². The Bertz CT molecular complexity index is 732. The van der Waals surface area contributed by atoms with Crippen molar-refractivity contribution in [2.75, 3.05) is 12.0 Å². The van der Waals surface area contributed by atoms with E-state index in [-0.39, 0.29) is 5.78 Å². The number of anilines is 1. The summed E-state index contributed by atoms with van der Waals surface area (Å²) in [6.45, 7) is 0.780. The van der Waals surface area contributed by atoms with Crippen molar-refractivity contribution >= 4 is 23.6 Å². The van der Waals surface area contributed by atoms with Crippen molar-refractivity contribution in [1.82, 2.24) is 10.2 Å². The number of hydrogen-bond acceptors (Lipinski definition) is 5. The molecule has 4 rings (SSSR count). The van der Waals surface area contributed by atoms with Crippen LogP contribution in [0.4, 0.5) is 5.69 Å². The number of rotatable bonds is 0. The summed E-state index contributed by atoms with van der Waals surface area (Å²) in [5.41, 5.74) is 5.22. The number of allylic oxidation sites excluding steroid dienone is 1. The Labute approximate surface area is 103 Å². The molecule has 5 nitrogen and oxygen atoms in total. The lowest BCUT2D eigenvalue weighted by Crippen LogP contribution is -2.47. The Morgan fingerprint density at radius 3 is 3.17 bits per heavy atom. The third-order valence-corrected chi connectivity index (χ3v) is 3.18. The van der Waals surface area contributed by atoms with Crippen LogP contribution in [0, 0.1) is 0 Å². The summed E-state index contributed by atoms with van der Waals surface area (Å²) in [5.74, 6) is 0.00509. The van der Waals surface area contributed by atoms with E-state index in [1.165, 1.54) is 0 Å². The fourth-order valence-corrected chi connectivity index (χ4v) is 2.31. The minimum atomic E-state index is 0.00509. The second-order valence-corrected chi connectivity index (χ2v) is 4.34. The lowest BCUT2D eigenvalue weighted by atomic mass is 10.0. The first kappa shape index (κ1) is 9.61. The standard InChI is InChI=1S/C13H10N4O/c18-10-4-2-9-3-5-12-13(11(9)8-10)15-17-7-1-6-16(17)14-12/h1-5,7-8,14H,6H2. The molecule has 3 aliphatic rings. The molecule has 0 saturated heterocycles. The van der Waals surface area contributed by atoms with Gasteiger partial charge in [0, 0.05) is 11.4 Å². The number of carbonyl (C=O) groups excluding carboxylic acids is 1. The van der Waals surface area contributed by atoms with E-state index in [9.17, 15) is 4.79 Å². The maximum Gasteiger partial charge on any atom is 0.179 e. The molecule has 0 amide bonds. The normalized spacial score (nSPS) is 19.6. The summed E-state index contributed by atoms with van der Waals surface area (Å²) in [6, 6.07) is 3.98. The third kappa shape index (κ3) is 1.25. The van der Waals surface area contributed by atoms with Crippen molar-refractivity contribution in [2.24, 2.45) is 5.10 Å². The van der Waals surface area contributed by atoms with Gasteiger partial charge in [0.15, 0.2) is 5.78 Å². The second-order valence-electron chi connectivity index (χ2n) is 4.34. The number of benzene rings is 1. The van der Waals surface area contributed by atoms with Gasteiger partial charge in [-0.05, 0) is 29.9 Å². The van der Waals surface area contributed by atoms with E-state index in [4.69, 9.17) is 0 Å². The van der Waals surface area contributed by atoms with Crippen LogP contribution in [0.2, 0.25) is 0 Å². The van der Waals surface area contributed by atoms with Crippen LogP contribution in [0.1, 0.15) is 5.56 Å². The van der Waals surface area contributed by atoms with E-state index in [0.29, 0.717) is 0 Å². The van der Waals surface area contributed by atoms with E-state index in [1.54, 1.807) is 17.3 Å². The molecule has 0 aromatic heterocycles. The summed E-state index contributed by atoms with van der Waals surface area (Å²) in [4.78, 5) is 11.5. The zero-order valence-corrected chi connectivity index (χ0v) is 9.50. The van der Waals surface area contributed by atoms with Crippen LogP contribution in [0.25, 0.3) is 12.2 Å². The number of nitrogens with one attached hydrogen (secondary N) is 1. The monoisotopic (exact) mass is 238 g/mol. The molecule has 88 valence electrons. The van der Waals surface area contributed by atoms with Crippen LogP contribution >= 0.6 is 0 Å². The van der Waals surface area contributed by atoms with E-state index in [2.05, 4.69) is 10.5 Å². The molecular weight excluding hydrogens is 228 g/mol. The van der Waals surface area contributed by atoms with Gasteiger partial charge < -0.3 is 0 Å². The SMILES string of the molecule is O=C1C=Cc2ccc3c(c2=C1)=NN1C=CCN1N3. The average Bonchev–Trinajstić information content (AvgIpc) is 2.83. The predicted molar refractivity (Wildman–Crippen MR) is 67.0 cm³/mol. The molecule has 0 radical (unpaired) electrons. The van der Waals surface area contributed by atoms with Crippen LogP contribution in [-0.2, 0) is 4.79 Å². The predicted octanol–water partition coefficient (Wildman–Crippen LogP) is -0.0156. The minimum Gasteiger partial charge on any atom is -0.297 e. The van der Waals surface area contributed by atoms with Crippen molar-refractivity contribution in [1.29, 1.82) is 0 Å². The largest absolute Gasteiger partial charge is 0.297 e. The molecule has 2 aliphatic heterocycles. The molecule has 0 bridgehead atoms. The zero-order chi connectivity index (χ0) is 12.1. The molecule has 1 aromatic carbocycles. The van der Waals surface area contributed by atoms with Crippen molar-refractivity contribution in [3.8, 4) is 0 Å². The first-order valence-electron chi connectivity index (χ1n) is 5.77. The van der Waals surface area contributed by atoms with Gasteiger partial charge in [-0.3, -0.25) is 10.2 Å². The second kappa shape index (κ2) is 3.30. The minimum absolute atomic E-state index is 0.00509. The van der Waals surface area contributed by atoms with Gasteiger partial charge in [0.1, 0.15) is 5.36 Å². The van der Waals surface area contributed by atoms with Crippen molar-refractivity contribution < 1.29 is 4.79 Å². The van der Waals surface area contributed by atoms with Crippen molar-refractivity contribution in [3.05, 3.63) is 46.6 Å². The molecule has 1 aromatic rings. The van der Waals surface area contributed by atoms with Gasteiger partial charge in [0.2, 0.25) is 0 Å². The number of hydrogen-bond donors (Lipinski definition) is 1. The van der Waals surface area contributed by atoms with Gasteiger partial charge >= 0.3 is 0 Å². The lowest BCUT2D eigenvalue weighted by molar-refractivity contribution is -0.109. The molecule has 2 heterocycles. The molecule has 0 spiro atoms. The maximum atomic E-state index is 11.5. The summed E-state index contributed by atoms with van der Waals surface area (Å²) < 4.78 is 0. The molecule has 0 atom stereocenters. The Balaban J connectivity index is 2.04. The fourth-order valence-electron chi connectivity index (χ4n) is 2.31. The molecule has 0 fully saturated rings. The smallest absolute Gasteiger partial charge is 0.179 e. The number of hydrazine groups is 2. The average molecular weight is 238 g/mol. The van der Waals surface area contributed by atoms with Gasteiger partial charge in [-0.1, -0.05) is 12.1 Å². The molecule has 1 N–H and O–H groups in total. The Hall–Kier alpha value is -2.40. The highest BCUT2D eigenvalue weighted by Gasteiger charge is 2.21. The molecular formula is C13H10N4O. The highest BCUT2D eigenvalue weighted by molar-refractivity contribution is 6.16. The third-order valence-electron chi connectivity index (χ3n) is 3.18. The molecule has 5 heteroatoms. The summed E-state index contributed by atoms with van der Waals surface area (Å²) in [7, 11) is 0. The van der Waals surface area contributed by atoms with Crippen LogP contribution in [-0.4, -0.2) is 22.6 Å². The van der Waals surface area contributed by atoms with Gasteiger partial charge in [-0.25, -0.2) is 0 Å². The van der Waals surface area contributed by atoms with Gasteiger partial charge in [0.25, 0.3) is 0 Å². The Kier molecular flexibility index (Phi) is 1.76. The summed E-state index contributed by atoms with van der Waals surface area (Å²) >= 11 is 0. The highest BCUT2D eigenvalue weighted by atomic mass is 16.1. The van der Waals surface area contributed by atoms with Gasteiger partial charge in [-0.2, -0.15) is 10.2 Å². The van der Waals surface area contributed by atoms with Crippen molar-refractivity contribution in [3.63, 3.8) is 0 Å². The van der Waals surface area contributed by atoms with Gasteiger partial charge in [0.05, 0.1) is 12.2 Å². The van der Waals surface area contributed by atoms with Crippen LogP contribution in [0.5, 0.6) is 0 Å². The van der Waals surface area contributed by atoms with Crippen molar-refractivity contribution in [2.45, 2.75) is 0 Å². The summed E-state index contributed by atoms with van der Waals surface area (Å²) in [5, 5.41) is 9.89. The maximum absolute atomic E-state index is 11.5. The fraction of sp³-hybridized carbons (Fsp3) is 0.0769. The summed E-state index contributed by atoms with van der Waals surface area (Å²) in [6.07, 6.45) is 8.96. The Morgan fingerprint density at radius 1 is 1.28 bits per heavy atom. The molecule has 0 saturated carbocycles. The zero-order valence-electron chi connectivity index (χ0n) is 9.50. The topological polar surface area (TPSA) is 47.9 Å². The van der Waals surface area contributed by atoms with Gasteiger partial charge in [-0.15, -0.1) is 5.12 Å². The first-order valence-corrected chi connectivity index (χ1v) is 5.77. The van der Waals surface area contributed by atoms with E-state index >= 15 is 0 Å². The highest BCUT2D eigenvalue weighted by Crippen LogP contribution is 2.14. The molecule has 1 aliphatic carbocycles. The molecule has 0 unspecified atom stereocenters. The molecule has 18 heavy (non-hydrogen) atoms. The first-order chi connectivity index (χ1) is 8.81. The van der Waals surface area contributed by atoms with E-state index < -0.39 is 0 Å². The van der Waals surface area contributed by atoms with Crippen LogP contribution < -0.4 is 16.0 Å². The van der Waals surface area contributed by atoms with Crippen LogP contribution in [0.3, 0.4) is 0 Å². The number of carbonyl (C=O) groups is 1. The number of fused-ring (bicyclic) bond motifs is 4. The lowest BCUT2D eigenvalue weighted by Gasteiger charge is -2.29.